The minimum atomic E-state index is -2.69. The number of hydrogen-bond donors (Lipinski definition) is 0. The number of esters is 1. The highest BCUT2D eigenvalue weighted by Gasteiger charge is 2.37. The highest BCUT2D eigenvalue weighted by molar-refractivity contribution is 6.14. The van der Waals surface area contributed by atoms with E-state index in [9.17, 15) is 53.9 Å². The van der Waals surface area contributed by atoms with Gasteiger partial charge in [-0.05, 0) is 6.92 Å². The molecule has 3 rings (SSSR count). The first-order chi connectivity index (χ1) is 15.4. The summed E-state index contributed by atoms with van der Waals surface area (Å²) in [4.78, 5) is 37.4. The number of rotatable bonds is 4. The summed E-state index contributed by atoms with van der Waals surface area (Å²) in [6.07, 6.45) is 0. The average Bonchev–Trinajstić information content (AvgIpc) is 2.78. The van der Waals surface area contributed by atoms with Gasteiger partial charge in [0, 0.05) is 0 Å². The third kappa shape index (κ3) is 3.41. The fraction of sp³-hybridized carbons (Fsp3) is 0.105. The van der Waals surface area contributed by atoms with Crippen LogP contribution < -0.4 is 5.43 Å². The Morgan fingerprint density at radius 3 is 1.67 bits per heavy atom. The standard InChI is InChI=1S/C19H5F9O5/c1-2-32-19(31)5-15(29)4-8(22)11(25)13(27)14(28)17(4)33-18(5)16(30)3-6(20)9(23)12(26)10(24)7(3)21/h2H2,1H3. The van der Waals surface area contributed by atoms with Crippen LogP contribution >= 0.6 is 0 Å². The van der Waals surface area contributed by atoms with E-state index in [4.69, 9.17) is 0 Å². The molecule has 0 aliphatic carbocycles. The monoisotopic (exact) mass is 484 g/mol. The Morgan fingerprint density at radius 2 is 1.15 bits per heavy atom. The smallest absolute Gasteiger partial charge is 0.346 e. The molecule has 1 heterocycles. The van der Waals surface area contributed by atoms with Crippen molar-refractivity contribution < 1.29 is 58.3 Å². The topological polar surface area (TPSA) is 73.6 Å². The van der Waals surface area contributed by atoms with E-state index >= 15 is 0 Å². The fourth-order valence-corrected chi connectivity index (χ4v) is 2.76. The third-order valence-corrected chi connectivity index (χ3v) is 4.23. The van der Waals surface area contributed by atoms with E-state index in [1.54, 1.807) is 0 Å². The Hall–Kier alpha value is -3.84. The lowest BCUT2D eigenvalue weighted by Gasteiger charge is -2.12. The van der Waals surface area contributed by atoms with Gasteiger partial charge in [-0.15, -0.1) is 0 Å². The van der Waals surface area contributed by atoms with Crippen molar-refractivity contribution in [3.8, 4) is 0 Å². The van der Waals surface area contributed by atoms with Gasteiger partial charge < -0.3 is 9.15 Å². The molecule has 2 aromatic carbocycles. The number of hydrogen-bond acceptors (Lipinski definition) is 5. The van der Waals surface area contributed by atoms with Gasteiger partial charge in [-0.25, -0.2) is 39.9 Å². The normalized spacial score (nSPS) is 11.2. The SMILES string of the molecule is CCOC(=O)c1c(C(=O)c2c(F)c(F)c(F)c(F)c2F)oc2c(F)c(F)c(F)c(F)c2c1=O. The summed E-state index contributed by atoms with van der Waals surface area (Å²) < 4.78 is 133. The van der Waals surface area contributed by atoms with Crippen molar-refractivity contribution in [3.05, 3.63) is 79.5 Å². The van der Waals surface area contributed by atoms with Crippen molar-refractivity contribution in [1.82, 2.24) is 0 Å². The molecule has 174 valence electrons. The first-order valence-electron chi connectivity index (χ1n) is 8.42. The molecule has 1 aromatic heterocycles. The number of benzene rings is 2. The van der Waals surface area contributed by atoms with E-state index in [0.29, 0.717) is 0 Å². The highest BCUT2D eigenvalue weighted by Crippen LogP contribution is 2.30. The van der Waals surface area contributed by atoms with Gasteiger partial charge in [0.1, 0.15) is 10.9 Å². The van der Waals surface area contributed by atoms with E-state index in [1.165, 1.54) is 0 Å². The average molecular weight is 484 g/mol. The van der Waals surface area contributed by atoms with Crippen LogP contribution in [-0.4, -0.2) is 18.4 Å². The summed E-state index contributed by atoms with van der Waals surface area (Å²) >= 11 is 0. The molecule has 0 aliphatic rings. The lowest BCUT2D eigenvalue weighted by molar-refractivity contribution is 0.0518. The maximum atomic E-state index is 14.1. The zero-order valence-electron chi connectivity index (χ0n) is 15.7. The van der Waals surface area contributed by atoms with Gasteiger partial charge in [-0.1, -0.05) is 0 Å². The number of halogens is 9. The summed E-state index contributed by atoms with van der Waals surface area (Å²) in [5.41, 5.74) is -7.83. The molecule has 0 N–H and O–H groups in total. The Balaban J connectivity index is 2.52. The van der Waals surface area contributed by atoms with Crippen molar-refractivity contribution in [3.63, 3.8) is 0 Å². The largest absolute Gasteiger partial charge is 0.462 e. The van der Waals surface area contributed by atoms with Crippen molar-refractivity contribution in [2.24, 2.45) is 0 Å². The molecular weight excluding hydrogens is 479 g/mol. The fourth-order valence-electron chi connectivity index (χ4n) is 2.76. The molecule has 0 bridgehead atoms. The minimum absolute atomic E-state index is 0.541. The van der Waals surface area contributed by atoms with E-state index in [-0.39, 0.29) is 0 Å². The molecule has 0 atom stereocenters. The Morgan fingerprint density at radius 1 is 0.697 bits per heavy atom. The van der Waals surface area contributed by atoms with E-state index < -0.39 is 104 Å². The van der Waals surface area contributed by atoms with Crippen LogP contribution in [0, 0.1) is 52.4 Å². The summed E-state index contributed by atoms with van der Waals surface area (Å²) in [7, 11) is 0. The van der Waals surface area contributed by atoms with Crippen molar-refractivity contribution >= 4 is 22.7 Å². The van der Waals surface area contributed by atoms with Crippen LogP contribution in [-0.2, 0) is 4.74 Å². The molecule has 0 amide bonds. The maximum absolute atomic E-state index is 14.1. The predicted molar refractivity (Wildman–Crippen MR) is 87.9 cm³/mol. The van der Waals surface area contributed by atoms with E-state index in [1.807, 2.05) is 0 Å². The van der Waals surface area contributed by atoms with Crippen LogP contribution in [0.25, 0.3) is 11.0 Å². The van der Waals surface area contributed by atoms with Crippen LogP contribution in [0.4, 0.5) is 39.5 Å². The molecule has 0 fully saturated rings. The summed E-state index contributed by atoms with van der Waals surface area (Å²) in [6, 6.07) is 0. The van der Waals surface area contributed by atoms with Crippen LogP contribution in [0.5, 0.6) is 0 Å². The summed E-state index contributed by atoms with van der Waals surface area (Å²) in [6.45, 7) is 0.614. The number of fused-ring (bicyclic) bond motifs is 1. The molecule has 0 aliphatic heterocycles. The van der Waals surface area contributed by atoms with Crippen LogP contribution in [0.15, 0.2) is 9.21 Å². The maximum Gasteiger partial charge on any atom is 0.346 e. The van der Waals surface area contributed by atoms with E-state index in [2.05, 4.69) is 9.15 Å². The first kappa shape index (κ1) is 23.8. The number of carbonyl (C=O) groups is 2. The Labute approximate surface area is 175 Å². The predicted octanol–water partition coefficient (Wildman–Crippen LogP) is 4.45. The molecule has 33 heavy (non-hydrogen) atoms. The second-order valence-corrected chi connectivity index (χ2v) is 6.09. The summed E-state index contributed by atoms with van der Waals surface area (Å²) in [5.74, 6) is -29.3. The Kier molecular flexibility index (Phi) is 5.96. The summed E-state index contributed by atoms with van der Waals surface area (Å²) in [5, 5.41) is -1.73. The van der Waals surface area contributed by atoms with Crippen molar-refractivity contribution in [2.75, 3.05) is 6.61 Å². The molecular formula is C19H5F9O5. The third-order valence-electron chi connectivity index (χ3n) is 4.23. The second kappa shape index (κ2) is 8.26. The molecule has 3 aromatic rings. The van der Waals surface area contributed by atoms with Gasteiger partial charge in [0.05, 0.1) is 6.61 Å². The second-order valence-electron chi connectivity index (χ2n) is 6.09. The van der Waals surface area contributed by atoms with Gasteiger partial charge >= 0.3 is 5.97 Å². The number of ether oxygens (including phenoxy) is 1. The molecule has 0 saturated heterocycles. The molecule has 0 saturated carbocycles. The lowest BCUT2D eigenvalue weighted by atomic mass is 10.0. The van der Waals surface area contributed by atoms with Gasteiger partial charge in [-0.2, -0.15) is 4.39 Å². The zero-order chi connectivity index (χ0) is 24.9. The molecule has 0 radical (unpaired) electrons. The lowest BCUT2D eigenvalue weighted by Crippen LogP contribution is -2.26. The molecule has 0 spiro atoms. The highest BCUT2D eigenvalue weighted by atomic mass is 19.2. The quantitative estimate of drug-likeness (QED) is 0.180. The molecule has 0 unspecified atom stereocenters. The van der Waals surface area contributed by atoms with E-state index in [0.717, 1.165) is 6.92 Å². The van der Waals surface area contributed by atoms with Crippen molar-refractivity contribution in [1.29, 1.82) is 0 Å². The van der Waals surface area contributed by atoms with Crippen LogP contribution in [0.3, 0.4) is 0 Å². The first-order valence-corrected chi connectivity index (χ1v) is 8.42. The zero-order valence-corrected chi connectivity index (χ0v) is 15.7. The van der Waals surface area contributed by atoms with Gasteiger partial charge in [0.2, 0.25) is 28.7 Å². The van der Waals surface area contributed by atoms with Gasteiger partial charge in [0.25, 0.3) is 0 Å². The van der Waals surface area contributed by atoms with Gasteiger partial charge in [0.15, 0.2) is 51.8 Å². The molecule has 5 nitrogen and oxygen atoms in total. The van der Waals surface area contributed by atoms with Gasteiger partial charge in [-0.3, -0.25) is 9.59 Å². The number of ketones is 1. The minimum Gasteiger partial charge on any atom is -0.462 e. The molecule has 14 heteroatoms. The number of carbonyl (C=O) groups excluding carboxylic acids is 2. The van der Waals surface area contributed by atoms with Crippen LogP contribution in [0.1, 0.15) is 33.4 Å². The van der Waals surface area contributed by atoms with Crippen LogP contribution in [0.2, 0.25) is 0 Å². The Bertz CT molecular complexity index is 1400. The van der Waals surface area contributed by atoms with Crippen molar-refractivity contribution in [2.45, 2.75) is 6.92 Å².